The van der Waals surface area contributed by atoms with Crippen LogP contribution in [0.1, 0.15) is 24.0 Å². The number of benzene rings is 1. The van der Waals surface area contributed by atoms with Gasteiger partial charge in [0.05, 0.1) is 11.1 Å². The summed E-state index contributed by atoms with van der Waals surface area (Å²) < 4.78 is 24.5. The van der Waals surface area contributed by atoms with E-state index in [-0.39, 0.29) is 10.6 Å². The van der Waals surface area contributed by atoms with E-state index in [2.05, 4.69) is 31.3 Å². The van der Waals surface area contributed by atoms with Crippen molar-refractivity contribution in [2.24, 2.45) is 5.14 Å². The van der Waals surface area contributed by atoms with Crippen LogP contribution < -0.4 is 26.4 Å². The Morgan fingerprint density at radius 3 is 2.58 bits per heavy atom. The molecule has 1 aromatic carbocycles. The number of imide groups is 1. The molecule has 33 heavy (non-hydrogen) atoms. The number of amides is 3. The van der Waals surface area contributed by atoms with Gasteiger partial charge in [0.25, 0.3) is 5.91 Å². The Morgan fingerprint density at radius 2 is 1.94 bits per heavy atom. The molecule has 3 amide bonds. The number of rotatable bonds is 7. The van der Waals surface area contributed by atoms with Gasteiger partial charge < -0.3 is 16.0 Å². The van der Waals surface area contributed by atoms with E-state index in [0.717, 1.165) is 24.2 Å². The zero-order valence-electron chi connectivity index (χ0n) is 17.2. The summed E-state index contributed by atoms with van der Waals surface area (Å²) in [5, 5.41) is 20.8. The van der Waals surface area contributed by atoms with Crippen LogP contribution in [0.3, 0.4) is 0 Å². The first-order valence-corrected chi connectivity index (χ1v) is 11.7. The van der Waals surface area contributed by atoms with Gasteiger partial charge in [-0.2, -0.15) is 9.61 Å². The molecule has 2 fully saturated rings. The molecule has 3 aromatic rings. The Balaban J connectivity index is 1.45. The van der Waals surface area contributed by atoms with Crippen molar-refractivity contribution in [1.82, 2.24) is 25.2 Å². The maximum atomic E-state index is 11.9. The molecule has 13 heteroatoms. The number of nitrogens with two attached hydrogens (primary N) is 1. The highest BCUT2D eigenvalue weighted by atomic mass is 32.2. The first-order valence-electron chi connectivity index (χ1n) is 10.1. The molecule has 6 N–H and O–H groups in total. The number of primary sulfonamides is 1. The van der Waals surface area contributed by atoms with Gasteiger partial charge in [0.2, 0.25) is 10.0 Å². The van der Waals surface area contributed by atoms with Gasteiger partial charge in [-0.1, -0.05) is 12.1 Å². The minimum absolute atomic E-state index is 0.0432. The molecule has 170 valence electrons. The van der Waals surface area contributed by atoms with E-state index >= 15 is 0 Å². The monoisotopic (exact) mass is 468 g/mol. The Bertz CT molecular complexity index is 1410. The topological polar surface area (TPSA) is 173 Å². The van der Waals surface area contributed by atoms with E-state index in [1.165, 1.54) is 18.2 Å². The Labute approximate surface area is 188 Å². The highest BCUT2D eigenvalue weighted by molar-refractivity contribution is 7.89. The molecular formula is C20H20N8O4S. The number of carbonyl (C=O) groups excluding carboxylic acids is 2. The average molecular weight is 468 g/mol. The summed E-state index contributed by atoms with van der Waals surface area (Å²) >= 11 is 0. The molecule has 5 rings (SSSR count). The fourth-order valence-electron chi connectivity index (χ4n) is 3.34. The van der Waals surface area contributed by atoms with Crippen molar-refractivity contribution in [2.45, 2.75) is 30.3 Å². The van der Waals surface area contributed by atoms with Gasteiger partial charge in [-0.25, -0.2) is 23.3 Å². The smallest absolute Gasteiger partial charge is 0.326 e. The molecule has 0 spiro atoms. The highest BCUT2D eigenvalue weighted by Crippen LogP contribution is 2.27. The van der Waals surface area contributed by atoms with Crippen LogP contribution in [-0.4, -0.2) is 41.0 Å². The minimum Gasteiger partial charge on any atom is -0.367 e. The second kappa shape index (κ2) is 7.86. The summed E-state index contributed by atoms with van der Waals surface area (Å²) in [7, 11) is -3.75. The van der Waals surface area contributed by atoms with E-state index in [9.17, 15) is 18.0 Å². The number of carbonyl (C=O) groups is 2. The molecule has 3 heterocycles. The van der Waals surface area contributed by atoms with Gasteiger partial charge in [0.15, 0.2) is 5.65 Å². The zero-order chi connectivity index (χ0) is 23.2. The van der Waals surface area contributed by atoms with Crippen molar-refractivity contribution in [1.29, 1.82) is 0 Å². The highest BCUT2D eigenvalue weighted by Gasteiger charge is 2.25. The number of anilines is 2. The quantitative estimate of drug-likeness (QED) is 0.249. The number of nitrogens with zero attached hydrogens (tertiary/aromatic N) is 3. The van der Waals surface area contributed by atoms with E-state index in [0.29, 0.717) is 29.6 Å². The predicted octanol–water partition coefficient (Wildman–Crippen LogP) is 0.743. The Hall–Kier alpha value is -3.97. The molecule has 2 aliphatic rings. The third-order valence-corrected chi connectivity index (χ3v) is 6.10. The fourth-order valence-corrected chi connectivity index (χ4v) is 3.85. The lowest BCUT2D eigenvalue weighted by Gasteiger charge is -2.12. The number of fused-ring (bicyclic) bond motifs is 1. The molecule has 1 saturated carbocycles. The fraction of sp³-hybridized carbons (Fsp3) is 0.200. The van der Waals surface area contributed by atoms with Crippen LogP contribution in [0.25, 0.3) is 11.7 Å². The minimum atomic E-state index is -3.75. The van der Waals surface area contributed by atoms with Crippen molar-refractivity contribution in [2.75, 3.05) is 10.6 Å². The third-order valence-electron chi connectivity index (χ3n) is 5.17. The number of urea groups is 1. The number of hydrogen-bond acceptors (Lipinski definition) is 8. The Morgan fingerprint density at radius 1 is 1.18 bits per heavy atom. The number of aromatic nitrogens is 3. The molecular weight excluding hydrogens is 448 g/mol. The van der Waals surface area contributed by atoms with Crippen LogP contribution >= 0.6 is 0 Å². The largest absolute Gasteiger partial charge is 0.367 e. The predicted molar refractivity (Wildman–Crippen MR) is 119 cm³/mol. The number of hydrogen-bond donors (Lipinski definition) is 5. The van der Waals surface area contributed by atoms with Crippen molar-refractivity contribution in [3.63, 3.8) is 0 Å². The molecule has 0 unspecified atom stereocenters. The molecule has 1 saturated heterocycles. The maximum absolute atomic E-state index is 11.9. The van der Waals surface area contributed by atoms with Crippen LogP contribution in [0, 0.1) is 0 Å². The van der Waals surface area contributed by atoms with Crippen molar-refractivity contribution in [3.05, 3.63) is 53.4 Å². The number of nitrogens with one attached hydrogen (secondary N) is 4. The second-order valence-corrected chi connectivity index (χ2v) is 9.35. The first-order chi connectivity index (χ1) is 15.8. The summed E-state index contributed by atoms with van der Waals surface area (Å²) in [5.74, 6) is 0.772. The lowest BCUT2D eigenvalue weighted by atomic mass is 10.2. The normalized spacial score (nSPS) is 17.3. The second-order valence-electron chi connectivity index (χ2n) is 7.79. The van der Waals surface area contributed by atoms with Gasteiger partial charge in [-0.3, -0.25) is 10.1 Å². The van der Waals surface area contributed by atoms with Gasteiger partial charge in [0.1, 0.15) is 17.3 Å². The maximum Gasteiger partial charge on any atom is 0.326 e. The van der Waals surface area contributed by atoms with Gasteiger partial charge in [0, 0.05) is 24.2 Å². The average Bonchev–Trinajstić information content (AvgIpc) is 3.40. The standard InChI is InChI=1S/C20H20N8O4S/c21-33(31,32)14-5-1-11(2-6-14)9-22-16-8-17(24-13-3-4-13)28-18(26-16)12(10-23-28)7-15-19(29)27-20(30)25-15/h1-2,5-8,10,13,24H,3-4,9H2,(H,22,26)(H2,21,31,32)(H2,25,27,29,30)/b15-7-. The summed E-state index contributed by atoms with van der Waals surface area (Å²) in [5.41, 5.74) is 2.00. The van der Waals surface area contributed by atoms with Crippen LogP contribution in [0.4, 0.5) is 16.4 Å². The van der Waals surface area contributed by atoms with Crippen LogP contribution in [0.2, 0.25) is 0 Å². The summed E-state index contributed by atoms with van der Waals surface area (Å²) in [6.07, 6.45) is 5.22. The van der Waals surface area contributed by atoms with Gasteiger partial charge >= 0.3 is 6.03 Å². The zero-order valence-corrected chi connectivity index (χ0v) is 18.0. The van der Waals surface area contributed by atoms with Crippen molar-refractivity contribution in [3.8, 4) is 0 Å². The lowest BCUT2D eigenvalue weighted by Crippen LogP contribution is -2.22. The Kier molecular flexibility index (Phi) is 4.98. The number of sulfonamides is 1. The third kappa shape index (κ3) is 4.49. The molecule has 0 bridgehead atoms. The van der Waals surface area contributed by atoms with Gasteiger partial charge in [-0.15, -0.1) is 0 Å². The summed E-state index contributed by atoms with van der Waals surface area (Å²) in [6, 6.07) is 7.85. The summed E-state index contributed by atoms with van der Waals surface area (Å²) in [4.78, 5) is 28.0. The van der Waals surface area contributed by atoms with E-state index < -0.39 is 22.0 Å². The molecule has 2 aromatic heterocycles. The van der Waals surface area contributed by atoms with E-state index in [1.54, 1.807) is 22.8 Å². The molecule has 1 aliphatic heterocycles. The van der Waals surface area contributed by atoms with E-state index in [1.807, 2.05) is 6.07 Å². The van der Waals surface area contributed by atoms with Crippen molar-refractivity contribution < 1.29 is 18.0 Å². The molecule has 1 aliphatic carbocycles. The lowest BCUT2D eigenvalue weighted by molar-refractivity contribution is -0.115. The summed E-state index contributed by atoms with van der Waals surface area (Å²) in [6.45, 7) is 0.389. The van der Waals surface area contributed by atoms with Crippen LogP contribution in [-0.2, 0) is 21.4 Å². The first kappa shape index (κ1) is 20.9. The van der Waals surface area contributed by atoms with Crippen LogP contribution in [0.5, 0.6) is 0 Å². The molecule has 0 radical (unpaired) electrons. The SMILES string of the molecule is NS(=O)(=O)c1ccc(CNc2cc(NC3CC3)n3ncc(/C=C4\NC(=O)NC4=O)c3n2)cc1. The van der Waals surface area contributed by atoms with Crippen molar-refractivity contribution >= 4 is 45.3 Å². The molecule has 12 nitrogen and oxygen atoms in total. The van der Waals surface area contributed by atoms with Crippen LogP contribution in [0.15, 0.2) is 47.1 Å². The molecule has 0 atom stereocenters. The van der Waals surface area contributed by atoms with Gasteiger partial charge in [-0.05, 0) is 36.6 Å². The van der Waals surface area contributed by atoms with E-state index in [4.69, 9.17) is 5.14 Å².